The number of rotatable bonds is 5. The number of likely N-dealkylation sites (tertiary alicyclic amines) is 1. The number of methoxy groups -OCH3 is 1. The minimum atomic E-state index is -0.177. The SMILES string of the molecule is COc1ccc([C@@H]2CN(C(=O)Cc3ccccn3)C[C@H]2c2cc(=O)[nH]c(C)n2)cc1. The summed E-state index contributed by atoms with van der Waals surface area (Å²) in [6.07, 6.45) is 1.95. The lowest BCUT2D eigenvalue weighted by Crippen LogP contribution is -2.30. The number of H-pyrrole nitrogens is 1. The van der Waals surface area contributed by atoms with Crippen molar-refractivity contribution >= 4 is 5.91 Å². The second-order valence-electron chi connectivity index (χ2n) is 7.54. The third kappa shape index (κ3) is 4.25. The predicted molar refractivity (Wildman–Crippen MR) is 113 cm³/mol. The van der Waals surface area contributed by atoms with E-state index in [-0.39, 0.29) is 29.7 Å². The Hall–Kier alpha value is -3.48. The average molecular weight is 404 g/mol. The van der Waals surface area contributed by atoms with Crippen molar-refractivity contribution < 1.29 is 9.53 Å². The number of amides is 1. The maximum absolute atomic E-state index is 13.0. The van der Waals surface area contributed by atoms with Crippen LogP contribution in [0.5, 0.6) is 5.75 Å². The summed E-state index contributed by atoms with van der Waals surface area (Å²) < 4.78 is 5.27. The summed E-state index contributed by atoms with van der Waals surface area (Å²) in [5.74, 6) is 1.35. The molecule has 2 aromatic heterocycles. The number of aromatic amines is 1. The summed E-state index contributed by atoms with van der Waals surface area (Å²) in [6.45, 7) is 2.85. The van der Waals surface area contributed by atoms with Crippen molar-refractivity contribution in [2.75, 3.05) is 20.2 Å². The topological polar surface area (TPSA) is 88.2 Å². The summed E-state index contributed by atoms with van der Waals surface area (Å²) in [5.41, 5.74) is 2.38. The summed E-state index contributed by atoms with van der Waals surface area (Å²) in [4.78, 5) is 38.4. The van der Waals surface area contributed by atoms with Crippen LogP contribution in [0.3, 0.4) is 0 Å². The zero-order valence-electron chi connectivity index (χ0n) is 17.0. The Kier molecular flexibility index (Phi) is 5.61. The fourth-order valence-corrected chi connectivity index (χ4v) is 4.06. The van der Waals surface area contributed by atoms with Gasteiger partial charge in [-0.25, -0.2) is 4.98 Å². The molecule has 2 atom stereocenters. The highest BCUT2D eigenvalue weighted by Crippen LogP contribution is 2.39. The van der Waals surface area contributed by atoms with Gasteiger partial charge in [-0.3, -0.25) is 14.6 Å². The summed E-state index contributed by atoms with van der Waals surface area (Å²) in [5, 5.41) is 0. The normalized spacial score (nSPS) is 18.4. The van der Waals surface area contributed by atoms with E-state index in [1.165, 1.54) is 0 Å². The van der Waals surface area contributed by atoms with Gasteiger partial charge in [-0.2, -0.15) is 0 Å². The van der Waals surface area contributed by atoms with E-state index in [1.54, 1.807) is 26.3 Å². The van der Waals surface area contributed by atoms with Crippen LogP contribution in [0.25, 0.3) is 0 Å². The Morgan fingerprint density at radius 2 is 1.93 bits per heavy atom. The van der Waals surface area contributed by atoms with E-state index in [4.69, 9.17) is 4.74 Å². The van der Waals surface area contributed by atoms with Crippen LogP contribution in [0.2, 0.25) is 0 Å². The Morgan fingerprint density at radius 1 is 1.17 bits per heavy atom. The number of ether oxygens (including phenoxy) is 1. The molecule has 0 radical (unpaired) electrons. The van der Waals surface area contributed by atoms with Crippen LogP contribution in [0, 0.1) is 6.92 Å². The molecular formula is C23H24N4O3. The van der Waals surface area contributed by atoms with Crippen LogP contribution in [-0.2, 0) is 11.2 Å². The summed E-state index contributed by atoms with van der Waals surface area (Å²) in [6, 6.07) is 15.0. The molecule has 3 aromatic rings. The van der Waals surface area contributed by atoms with Gasteiger partial charge in [0.2, 0.25) is 5.91 Å². The van der Waals surface area contributed by atoms with E-state index in [0.29, 0.717) is 24.6 Å². The minimum absolute atomic E-state index is 0.0243. The van der Waals surface area contributed by atoms with Crippen molar-refractivity contribution in [2.24, 2.45) is 0 Å². The lowest BCUT2D eigenvalue weighted by atomic mass is 9.86. The third-order valence-electron chi connectivity index (χ3n) is 5.53. The lowest BCUT2D eigenvalue weighted by molar-refractivity contribution is -0.129. The fraction of sp³-hybridized carbons (Fsp3) is 0.304. The number of carbonyl (C=O) groups is 1. The Bertz CT molecular complexity index is 1080. The van der Waals surface area contributed by atoms with Gasteiger partial charge in [0.15, 0.2) is 0 Å². The van der Waals surface area contributed by atoms with Gasteiger partial charge in [0, 0.05) is 42.9 Å². The Labute approximate surface area is 174 Å². The van der Waals surface area contributed by atoms with Gasteiger partial charge < -0.3 is 14.6 Å². The molecule has 0 saturated carbocycles. The van der Waals surface area contributed by atoms with Crippen molar-refractivity contribution in [1.29, 1.82) is 0 Å². The van der Waals surface area contributed by atoms with Crippen LogP contribution in [0.15, 0.2) is 59.5 Å². The van der Waals surface area contributed by atoms with Crippen molar-refractivity contribution in [3.63, 3.8) is 0 Å². The minimum Gasteiger partial charge on any atom is -0.497 e. The van der Waals surface area contributed by atoms with Gasteiger partial charge in [0.25, 0.3) is 5.56 Å². The van der Waals surface area contributed by atoms with Gasteiger partial charge in [-0.15, -0.1) is 0 Å². The number of aryl methyl sites for hydroxylation is 1. The quantitative estimate of drug-likeness (QED) is 0.706. The molecule has 1 aliphatic rings. The van der Waals surface area contributed by atoms with Gasteiger partial charge in [0.1, 0.15) is 11.6 Å². The first-order chi connectivity index (χ1) is 14.5. The first-order valence-corrected chi connectivity index (χ1v) is 9.93. The van der Waals surface area contributed by atoms with E-state index in [1.807, 2.05) is 47.4 Å². The summed E-state index contributed by atoms with van der Waals surface area (Å²) >= 11 is 0. The predicted octanol–water partition coefficient (Wildman–Crippen LogP) is 2.43. The molecule has 154 valence electrons. The van der Waals surface area contributed by atoms with E-state index in [0.717, 1.165) is 17.0 Å². The van der Waals surface area contributed by atoms with Crippen LogP contribution in [0.4, 0.5) is 0 Å². The molecule has 0 bridgehead atoms. The molecule has 7 nitrogen and oxygen atoms in total. The monoisotopic (exact) mass is 404 g/mol. The fourth-order valence-electron chi connectivity index (χ4n) is 4.06. The molecule has 3 heterocycles. The Balaban J connectivity index is 1.64. The van der Waals surface area contributed by atoms with Crippen LogP contribution < -0.4 is 10.3 Å². The number of benzene rings is 1. The van der Waals surface area contributed by atoms with Gasteiger partial charge in [0.05, 0.1) is 19.2 Å². The molecule has 0 spiro atoms. The standard InChI is InChI=1S/C23H24N4O3/c1-15-25-21(12-22(28)26-15)20-14-27(23(29)11-17-5-3-4-10-24-17)13-19(20)16-6-8-18(30-2)9-7-16/h3-10,12,19-20H,11,13-14H2,1-2H3,(H,25,26,28)/t19-,20+/m0/s1. The molecule has 0 unspecified atom stereocenters. The lowest BCUT2D eigenvalue weighted by Gasteiger charge is -2.18. The van der Waals surface area contributed by atoms with Crippen LogP contribution in [-0.4, -0.2) is 46.0 Å². The number of pyridine rings is 1. The van der Waals surface area contributed by atoms with Crippen LogP contribution in [0.1, 0.15) is 34.6 Å². The highest BCUT2D eigenvalue weighted by molar-refractivity contribution is 5.79. The molecule has 30 heavy (non-hydrogen) atoms. The molecule has 1 N–H and O–H groups in total. The van der Waals surface area contributed by atoms with E-state index in [2.05, 4.69) is 15.0 Å². The molecule has 1 aromatic carbocycles. The smallest absolute Gasteiger partial charge is 0.251 e. The number of hydrogen-bond acceptors (Lipinski definition) is 5. The highest BCUT2D eigenvalue weighted by atomic mass is 16.5. The average Bonchev–Trinajstić information content (AvgIpc) is 3.20. The maximum atomic E-state index is 13.0. The van der Waals surface area contributed by atoms with Crippen LogP contribution >= 0.6 is 0 Å². The number of nitrogens with one attached hydrogen (secondary N) is 1. The molecule has 1 amide bonds. The molecule has 1 saturated heterocycles. The molecule has 0 aliphatic carbocycles. The number of aromatic nitrogens is 3. The van der Waals surface area contributed by atoms with E-state index >= 15 is 0 Å². The third-order valence-corrected chi connectivity index (χ3v) is 5.53. The van der Waals surface area contributed by atoms with Crippen molar-refractivity contribution in [3.05, 3.63) is 87.9 Å². The largest absolute Gasteiger partial charge is 0.497 e. The van der Waals surface area contributed by atoms with Gasteiger partial charge >= 0.3 is 0 Å². The zero-order chi connectivity index (χ0) is 21.1. The highest BCUT2D eigenvalue weighted by Gasteiger charge is 2.38. The summed E-state index contributed by atoms with van der Waals surface area (Å²) in [7, 11) is 1.63. The molecular weight excluding hydrogens is 380 g/mol. The number of hydrogen-bond donors (Lipinski definition) is 1. The molecule has 7 heteroatoms. The zero-order valence-corrected chi connectivity index (χ0v) is 17.0. The van der Waals surface area contributed by atoms with Gasteiger partial charge in [-0.05, 0) is 36.8 Å². The molecule has 4 rings (SSSR count). The number of nitrogens with zero attached hydrogens (tertiary/aromatic N) is 3. The Morgan fingerprint density at radius 3 is 2.60 bits per heavy atom. The van der Waals surface area contributed by atoms with Crippen molar-refractivity contribution in [3.8, 4) is 5.75 Å². The van der Waals surface area contributed by atoms with Crippen molar-refractivity contribution in [1.82, 2.24) is 19.9 Å². The van der Waals surface area contributed by atoms with Crippen molar-refractivity contribution in [2.45, 2.75) is 25.2 Å². The first-order valence-electron chi connectivity index (χ1n) is 9.93. The first kappa shape index (κ1) is 19.8. The molecule has 1 aliphatic heterocycles. The second-order valence-corrected chi connectivity index (χ2v) is 7.54. The number of carbonyl (C=O) groups excluding carboxylic acids is 1. The molecule has 1 fully saturated rings. The van der Waals surface area contributed by atoms with E-state index < -0.39 is 0 Å². The van der Waals surface area contributed by atoms with E-state index in [9.17, 15) is 9.59 Å². The second kappa shape index (κ2) is 8.49. The maximum Gasteiger partial charge on any atom is 0.251 e. The van der Waals surface area contributed by atoms with Gasteiger partial charge in [-0.1, -0.05) is 18.2 Å².